The molecule has 20 heavy (non-hydrogen) atoms. The number of aromatic nitrogens is 3. The van der Waals surface area contributed by atoms with E-state index in [4.69, 9.17) is 5.73 Å². The third-order valence-corrected chi connectivity index (χ3v) is 3.50. The first-order chi connectivity index (χ1) is 9.65. The molecule has 0 amide bonds. The molecule has 2 heterocycles. The largest absolute Gasteiger partial charge is 0.383 e. The quantitative estimate of drug-likeness (QED) is 0.722. The number of nitrogens with zero attached hydrogens (tertiary/aromatic N) is 3. The predicted molar refractivity (Wildman–Crippen MR) is 79.2 cm³/mol. The summed E-state index contributed by atoms with van der Waals surface area (Å²) in [5, 5.41) is 1.25. The summed E-state index contributed by atoms with van der Waals surface area (Å²) in [7, 11) is 0. The van der Waals surface area contributed by atoms with Crippen molar-refractivity contribution in [1.29, 1.82) is 0 Å². The van der Waals surface area contributed by atoms with Gasteiger partial charge in [0.15, 0.2) is 12.7 Å². The average molecular weight is 265 g/mol. The number of aryl methyl sites for hydroxylation is 2. The van der Waals surface area contributed by atoms with Gasteiger partial charge in [-0.2, -0.15) is 4.57 Å². The molecule has 0 bridgehead atoms. The minimum absolute atomic E-state index is 0.551. The summed E-state index contributed by atoms with van der Waals surface area (Å²) in [6.07, 6.45) is 3.89. The van der Waals surface area contributed by atoms with Gasteiger partial charge in [0, 0.05) is 23.7 Å². The van der Waals surface area contributed by atoms with Crippen LogP contribution in [-0.2, 0) is 6.54 Å². The topological polar surface area (TPSA) is 55.7 Å². The lowest BCUT2D eigenvalue weighted by Crippen LogP contribution is -2.35. The molecule has 3 rings (SSSR count). The monoisotopic (exact) mass is 265 g/mol. The van der Waals surface area contributed by atoms with Crippen LogP contribution >= 0.6 is 0 Å². The summed E-state index contributed by atoms with van der Waals surface area (Å²) in [5.41, 5.74) is 9.37. The fourth-order valence-corrected chi connectivity index (χ4v) is 2.39. The van der Waals surface area contributed by atoms with Crippen molar-refractivity contribution in [3.05, 3.63) is 59.7 Å². The van der Waals surface area contributed by atoms with Gasteiger partial charge >= 0.3 is 0 Å². The number of hydrogen-bond acceptors (Lipinski definition) is 3. The third-order valence-electron chi connectivity index (χ3n) is 3.50. The molecular formula is C16H17N4+. The van der Waals surface area contributed by atoms with Crippen LogP contribution in [-0.4, -0.2) is 9.97 Å². The van der Waals surface area contributed by atoms with Crippen molar-refractivity contribution in [3.8, 4) is 0 Å². The fourth-order valence-electron chi connectivity index (χ4n) is 2.39. The Hall–Kier alpha value is -2.49. The highest BCUT2D eigenvalue weighted by atomic mass is 15.0. The van der Waals surface area contributed by atoms with E-state index in [1.54, 1.807) is 6.20 Å². The average Bonchev–Trinajstić information content (AvgIpc) is 2.45. The highest BCUT2D eigenvalue weighted by molar-refractivity contribution is 5.78. The number of rotatable bonds is 2. The number of fused-ring (bicyclic) bond motifs is 1. The maximum absolute atomic E-state index is 5.98. The van der Waals surface area contributed by atoms with Gasteiger partial charge in [-0.15, -0.1) is 0 Å². The zero-order chi connectivity index (χ0) is 14.1. The molecular weight excluding hydrogens is 248 g/mol. The maximum Gasteiger partial charge on any atom is 0.213 e. The summed E-state index contributed by atoms with van der Waals surface area (Å²) in [5.74, 6) is 1.25. The van der Waals surface area contributed by atoms with Gasteiger partial charge in [-0.25, -0.2) is 9.97 Å². The highest BCUT2D eigenvalue weighted by Crippen LogP contribution is 2.15. The first-order valence-corrected chi connectivity index (χ1v) is 6.61. The van der Waals surface area contributed by atoms with Crippen LogP contribution in [0.15, 0.2) is 42.7 Å². The molecule has 0 saturated carbocycles. The summed E-state index contributed by atoms with van der Waals surface area (Å²) in [4.78, 5) is 8.45. The van der Waals surface area contributed by atoms with Crippen LogP contribution in [0, 0.1) is 13.8 Å². The molecule has 0 radical (unpaired) electrons. The second-order valence-corrected chi connectivity index (χ2v) is 4.97. The smallest absolute Gasteiger partial charge is 0.213 e. The van der Waals surface area contributed by atoms with E-state index in [9.17, 15) is 0 Å². The van der Waals surface area contributed by atoms with Crippen LogP contribution < -0.4 is 10.3 Å². The van der Waals surface area contributed by atoms with E-state index in [-0.39, 0.29) is 0 Å². The third kappa shape index (κ3) is 2.20. The van der Waals surface area contributed by atoms with E-state index in [0.29, 0.717) is 18.2 Å². The molecule has 0 spiro atoms. The standard InChI is InChI=1S/C16H17N4/c1-11-7-8-20(15-6-4-3-5-14(11)15)10-13-9-18-12(2)19-16(13)17/h3-9H,10H2,1-2H3,(H2,17,18,19)/q+1. The molecule has 2 N–H and O–H groups in total. The Morgan fingerprint density at radius 1 is 1.15 bits per heavy atom. The molecule has 0 fully saturated rings. The number of nitrogen functional groups attached to an aromatic ring is 1. The summed E-state index contributed by atoms with van der Waals surface area (Å²) < 4.78 is 2.17. The van der Waals surface area contributed by atoms with Crippen molar-refractivity contribution in [2.24, 2.45) is 0 Å². The van der Waals surface area contributed by atoms with E-state index in [2.05, 4.69) is 51.9 Å². The zero-order valence-corrected chi connectivity index (χ0v) is 11.7. The van der Waals surface area contributed by atoms with Gasteiger partial charge in [0.05, 0.1) is 5.56 Å². The molecule has 1 aromatic carbocycles. The lowest BCUT2D eigenvalue weighted by molar-refractivity contribution is -0.662. The Balaban J connectivity index is 2.09. The Morgan fingerprint density at radius 3 is 2.75 bits per heavy atom. The van der Waals surface area contributed by atoms with E-state index >= 15 is 0 Å². The van der Waals surface area contributed by atoms with Crippen molar-refractivity contribution >= 4 is 16.7 Å². The number of hydrogen-bond donors (Lipinski definition) is 1. The van der Waals surface area contributed by atoms with Crippen molar-refractivity contribution in [2.75, 3.05) is 5.73 Å². The van der Waals surface area contributed by atoms with E-state index in [1.807, 2.05) is 13.0 Å². The van der Waals surface area contributed by atoms with Crippen LogP contribution in [0.5, 0.6) is 0 Å². The van der Waals surface area contributed by atoms with Crippen LogP contribution in [0.4, 0.5) is 5.82 Å². The van der Waals surface area contributed by atoms with Crippen LogP contribution in [0.25, 0.3) is 10.9 Å². The predicted octanol–water partition coefficient (Wildman–Crippen LogP) is 2.16. The van der Waals surface area contributed by atoms with Gasteiger partial charge in [0.25, 0.3) is 0 Å². The second kappa shape index (κ2) is 4.89. The first-order valence-electron chi connectivity index (χ1n) is 6.61. The molecule has 2 aromatic heterocycles. The van der Waals surface area contributed by atoms with Crippen LogP contribution in [0.3, 0.4) is 0 Å². The normalized spacial score (nSPS) is 10.9. The number of para-hydroxylation sites is 1. The Bertz CT molecular complexity index is 781. The Kier molecular flexibility index (Phi) is 3.06. The van der Waals surface area contributed by atoms with Crippen molar-refractivity contribution in [2.45, 2.75) is 20.4 Å². The van der Waals surface area contributed by atoms with Gasteiger partial charge in [0.2, 0.25) is 5.52 Å². The molecule has 3 aromatic rings. The molecule has 4 nitrogen and oxygen atoms in total. The van der Waals surface area contributed by atoms with E-state index in [0.717, 1.165) is 5.56 Å². The molecule has 0 saturated heterocycles. The van der Waals surface area contributed by atoms with Gasteiger partial charge in [0.1, 0.15) is 11.6 Å². The highest BCUT2D eigenvalue weighted by Gasteiger charge is 2.13. The van der Waals surface area contributed by atoms with Crippen molar-refractivity contribution in [3.63, 3.8) is 0 Å². The summed E-state index contributed by atoms with van der Waals surface area (Å²) in [6.45, 7) is 4.64. The Morgan fingerprint density at radius 2 is 1.95 bits per heavy atom. The zero-order valence-electron chi connectivity index (χ0n) is 11.7. The number of benzene rings is 1. The lowest BCUT2D eigenvalue weighted by Gasteiger charge is -2.05. The number of nitrogens with two attached hydrogens (primary N) is 1. The number of pyridine rings is 1. The SMILES string of the molecule is Cc1ncc(C[n+]2ccc(C)c3ccccc32)c(N)n1. The van der Waals surface area contributed by atoms with E-state index in [1.165, 1.54) is 16.5 Å². The molecule has 0 unspecified atom stereocenters. The van der Waals surface area contributed by atoms with Crippen LogP contribution in [0.1, 0.15) is 17.0 Å². The fraction of sp³-hybridized carbons (Fsp3) is 0.188. The van der Waals surface area contributed by atoms with Crippen molar-refractivity contribution < 1.29 is 4.57 Å². The minimum atomic E-state index is 0.551. The maximum atomic E-state index is 5.98. The van der Waals surface area contributed by atoms with E-state index < -0.39 is 0 Å². The first kappa shape index (κ1) is 12.5. The summed E-state index contributed by atoms with van der Waals surface area (Å²) >= 11 is 0. The molecule has 0 aliphatic carbocycles. The molecule has 0 aliphatic rings. The molecule has 0 atom stereocenters. The molecule has 100 valence electrons. The van der Waals surface area contributed by atoms with Gasteiger partial charge in [-0.05, 0) is 25.5 Å². The van der Waals surface area contributed by atoms with Crippen LogP contribution in [0.2, 0.25) is 0 Å². The number of anilines is 1. The minimum Gasteiger partial charge on any atom is -0.383 e. The van der Waals surface area contributed by atoms with Gasteiger partial charge in [-0.3, -0.25) is 0 Å². The second-order valence-electron chi connectivity index (χ2n) is 4.97. The molecule has 0 aliphatic heterocycles. The lowest BCUT2D eigenvalue weighted by atomic mass is 10.1. The Labute approximate surface area is 117 Å². The van der Waals surface area contributed by atoms with Crippen molar-refractivity contribution in [1.82, 2.24) is 9.97 Å². The van der Waals surface area contributed by atoms with Gasteiger partial charge < -0.3 is 5.73 Å². The molecule has 4 heteroatoms. The van der Waals surface area contributed by atoms with Gasteiger partial charge in [-0.1, -0.05) is 12.1 Å². The summed E-state index contributed by atoms with van der Waals surface area (Å²) in [6, 6.07) is 10.5.